The number of hydrogen-bond acceptors (Lipinski definition) is 7. The van der Waals surface area contributed by atoms with Crippen molar-refractivity contribution in [1.82, 2.24) is 40.4 Å². The lowest BCUT2D eigenvalue weighted by molar-refractivity contribution is -0.138. The van der Waals surface area contributed by atoms with Crippen molar-refractivity contribution < 1.29 is 23.9 Å². The Morgan fingerprint density at radius 1 is 0.673 bits per heavy atom. The van der Waals surface area contributed by atoms with Crippen molar-refractivity contribution >= 4 is 48.6 Å². The summed E-state index contributed by atoms with van der Waals surface area (Å²) in [6.45, 7) is 10.4. The summed E-state index contributed by atoms with van der Waals surface area (Å²) in [5, 5.41) is 5.52. The molecule has 55 heavy (non-hydrogen) atoms. The van der Waals surface area contributed by atoms with Crippen LogP contribution in [0.4, 0.5) is 4.79 Å². The number of methoxy groups -OCH3 is 1. The molecule has 2 aliphatic heterocycles. The maximum atomic E-state index is 13.5. The van der Waals surface area contributed by atoms with E-state index in [1.54, 1.807) is 6.20 Å². The minimum atomic E-state index is -0.684. The Hall–Kier alpha value is -4.88. The van der Waals surface area contributed by atoms with E-state index in [2.05, 4.69) is 79.1 Å². The lowest BCUT2D eigenvalue weighted by atomic mass is 10.0. The van der Waals surface area contributed by atoms with Gasteiger partial charge in [-0.05, 0) is 59.8 Å². The smallest absolute Gasteiger partial charge is 0.407 e. The highest BCUT2D eigenvalue weighted by atomic mass is 35.5. The third kappa shape index (κ3) is 9.50. The van der Waals surface area contributed by atoms with E-state index in [1.165, 1.54) is 14.0 Å². The molecule has 2 aromatic carbocycles. The molecular weight excluding hydrogens is 743 g/mol. The zero-order valence-corrected chi connectivity index (χ0v) is 33.8. The fourth-order valence-corrected chi connectivity index (χ4v) is 7.41. The summed E-state index contributed by atoms with van der Waals surface area (Å²) in [7, 11) is 1.29. The lowest BCUT2D eigenvalue weighted by Crippen LogP contribution is -2.51. The predicted molar refractivity (Wildman–Crippen MR) is 216 cm³/mol. The molecule has 2 fully saturated rings. The van der Waals surface area contributed by atoms with E-state index in [0.717, 1.165) is 71.0 Å². The average molecular weight is 796 g/mol. The zero-order valence-electron chi connectivity index (χ0n) is 32.1. The van der Waals surface area contributed by atoms with Gasteiger partial charge in [0.1, 0.15) is 23.7 Å². The lowest BCUT2D eigenvalue weighted by Gasteiger charge is -2.30. The quantitative estimate of drug-likeness (QED) is 0.129. The molecule has 4 N–H and O–H groups in total. The number of rotatable bonds is 11. The van der Waals surface area contributed by atoms with Crippen LogP contribution < -0.4 is 10.6 Å². The molecule has 2 saturated heterocycles. The summed E-state index contributed by atoms with van der Waals surface area (Å²) in [5.41, 5.74) is 5.84. The summed E-state index contributed by atoms with van der Waals surface area (Å²) in [6, 6.07) is 14.9. The molecule has 4 atom stereocenters. The van der Waals surface area contributed by atoms with Gasteiger partial charge in [0.2, 0.25) is 17.7 Å². The second-order valence-corrected chi connectivity index (χ2v) is 14.7. The van der Waals surface area contributed by atoms with Crippen LogP contribution in [0, 0.1) is 11.8 Å². The van der Waals surface area contributed by atoms with Crippen molar-refractivity contribution in [1.29, 1.82) is 0 Å². The number of aromatic amines is 2. The van der Waals surface area contributed by atoms with E-state index in [-0.39, 0.29) is 66.5 Å². The van der Waals surface area contributed by atoms with Crippen LogP contribution in [0.5, 0.6) is 0 Å². The van der Waals surface area contributed by atoms with Gasteiger partial charge in [0, 0.05) is 20.0 Å². The Bertz CT molecular complexity index is 1930. The Kier molecular flexibility index (Phi) is 14.5. The van der Waals surface area contributed by atoms with E-state index in [0.29, 0.717) is 13.1 Å². The molecular formula is C40H52Cl2N8O5. The van der Waals surface area contributed by atoms with Crippen LogP contribution in [0.15, 0.2) is 60.9 Å². The van der Waals surface area contributed by atoms with Crippen LogP contribution in [-0.4, -0.2) is 85.8 Å². The fourth-order valence-electron chi connectivity index (χ4n) is 7.41. The van der Waals surface area contributed by atoms with E-state index >= 15 is 0 Å². The summed E-state index contributed by atoms with van der Waals surface area (Å²) in [4.78, 5) is 70.6. The number of aromatic nitrogens is 4. The summed E-state index contributed by atoms with van der Waals surface area (Å²) in [5.74, 6) is 0.928. The molecule has 4 aromatic rings. The molecule has 4 amide bonds. The molecule has 2 aromatic heterocycles. The van der Waals surface area contributed by atoms with Crippen molar-refractivity contribution in [2.24, 2.45) is 11.8 Å². The molecule has 6 rings (SSSR count). The first-order chi connectivity index (χ1) is 25.4. The highest BCUT2D eigenvalue weighted by molar-refractivity contribution is 5.88. The summed E-state index contributed by atoms with van der Waals surface area (Å²) in [6.07, 6.45) is 6.32. The Morgan fingerprint density at radius 2 is 1.05 bits per heavy atom. The van der Waals surface area contributed by atoms with Gasteiger partial charge in [-0.1, -0.05) is 76.2 Å². The van der Waals surface area contributed by atoms with Crippen molar-refractivity contribution in [2.45, 2.75) is 84.5 Å². The van der Waals surface area contributed by atoms with Gasteiger partial charge in [-0.15, -0.1) is 24.8 Å². The number of halogens is 2. The Morgan fingerprint density at radius 3 is 1.42 bits per heavy atom. The topological polar surface area (TPSA) is 165 Å². The van der Waals surface area contributed by atoms with Crippen molar-refractivity contribution in [2.75, 3.05) is 20.2 Å². The standard InChI is InChI=1S/C40H50N8O5.2ClH/c1-23(2)34(43-25(5)49)38(50)47-19-7-9-32(47)36-41-21-30(44-36)28-15-11-26(12-16-28)27-13-17-29(18-14-27)31-22-42-37(45-31)33-10-8-20-48(33)39(51)35(24(3)4)46-40(52)53-6;;/h11-18,21-24,32-35H,7-10,19-20H2,1-6H3,(H,41,44)(H,42,45)(H,43,49)(H,46,52);2*1H/t32-,33-,34-,35-;;/m0../s1. The Labute approximate surface area is 334 Å². The number of carbonyl (C=O) groups is 4. The first-order valence-corrected chi connectivity index (χ1v) is 18.5. The van der Waals surface area contributed by atoms with Gasteiger partial charge in [0.25, 0.3) is 0 Å². The normalized spacial score (nSPS) is 17.7. The average Bonchev–Trinajstić information content (AvgIpc) is 3.98. The summed E-state index contributed by atoms with van der Waals surface area (Å²) >= 11 is 0. The number of likely N-dealkylation sites (tertiary alicyclic amines) is 2. The third-order valence-corrected chi connectivity index (χ3v) is 10.3. The number of hydrogen-bond donors (Lipinski definition) is 4. The first-order valence-electron chi connectivity index (χ1n) is 18.5. The van der Waals surface area contributed by atoms with E-state index < -0.39 is 18.2 Å². The molecule has 13 nitrogen and oxygen atoms in total. The number of nitrogens with zero attached hydrogens (tertiary/aromatic N) is 4. The minimum absolute atomic E-state index is 0. The van der Waals surface area contributed by atoms with Gasteiger partial charge in [0.15, 0.2) is 0 Å². The van der Waals surface area contributed by atoms with Crippen LogP contribution in [0.2, 0.25) is 0 Å². The van der Waals surface area contributed by atoms with E-state index in [1.807, 2.05) is 43.7 Å². The number of imidazole rings is 2. The maximum absolute atomic E-state index is 13.5. The molecule has 0 aliphatic carbocycles. The molecule has 0 bridgehead atoms. The maximum Gasteiger partial charge on any atom is 0.407 e. The van der Waals surface area contributed by atoms with Gasteiger partial charge in [-0.3, -0.25) is 14.4 Å². The van der Waals surface area contributed by atoms with Crippen LogP contribution in [0.3, 0.4) is 0 Å². The van der Waals surface area contributed by atoms with Crippen molar-refractivity contribution in [3.8, 4) is 33.6 Å². The highest BCUT2D eigenvalue weighted by Gasteiger charge is 2.38. The van der Waals surface area contributed by atoms with Crippen molar-refractivity contribution in [3.05, 3.63) is 72.6 Å². The number of H-pyrrole nitrogens is 2. The summed E-state index contributed by atoms with van der Waals surface area (Å²) < 4.78 is 4.75. The minimum Gasteiger partial charge on any atom is -0.453 e. The molecule has 0 saturated carbocycles. The van der Waals surface area contributed by atoms with Crippen LogP contribution in [0.25, 0.3) is 33.6 Å². The number of nitrogens with one attached hydrogen (secondary N) is 4. The predicted octanol–water partition coefficient (Wildman–Crippen LogP) is 6.85. The SMILES string of the molecule is COC(=O)N[C@H](C(=O)N1CCC[C@H]1c1ncc(-c2ccc(-c3ccc(-c4cnc([C@@H]5CCCN5C(=O)[C@@H](NC(C)=O)C(C)C)[nH]4)cc3)cc2)[nH]1)C(C)C.Cl.Cl. The number of alkyl carbamates (subject to hydrolysis) is 1. The number of carbonyl (C=O) groups excluding carboxylic acids is 4. The Balaban J connectivity index is 0.00000336. The number of amides is 4. The molecule has 2 aliphatic rings. The van der Waals surface area contributed by atoms with Gasteiger partial charge in [-0.2, -0.15) is 0 Å². The van der Waals surface area contributed by atoms with Gasteiger partial charge in [0.05, 0.1) is 43.0 Å². The van der Waals surface area contributed by atoms with E-state index in [4.69, 9.17) is 4.74 Å². The molecule has 15 heteroatoms. The second-order valence-electron chi connectivity index (χ2n) is 14.7. The molecule has 296 valence electrons. The fraction of sp³-hybridized carbons (Fsp3) is 0.450. The second kappa shape index (κ2) is 18.6. The van der Waals surface area contributed by atoms with Gasteiger partial charge >= 0.3 is 6.09 Å². The van der Waals surface area contributed by atoms with Gasteiger partial charge in [-0.25, -0.2) is 14.8 Å². The van der Waals surface area contributed by atoms with Gasteiger partial charge < -0.3 is 35.1 Å². The van der Waals surface area contributed by atoms with Crippen molar-refractivity contribution in [3.63, 3.8) is 0 Å². The third-order valence-electron chi connectivity index (χ3n) is 10.3. The van der Waals surface area contributed by atoms with Crippen LogP contribution >= 0.6 is 24.8 Å². The molecule has 0 radical (unpaired) electrons. The van der Waals surface area contributed by atoms with Crippen LogP contribution in [-0.2, 0) is 19.1 Å². The largest absolute Gasteiger partial charge is 0.453 e. The van der Waals surface area contributed by atoms with Crippen LogP contribution in [0.1, 0.15) is 84.0 Å². The van der Waals surface area contributed by atoms with E-state index in [9.17, 15) is 19.2 Å². The molecule has 0 spiro atoms. The number of ether oxygens (including phenoxy) is 1. The molecule has 4 heterocycles. The number of benzene rings is 2. The monoisotopic (exact) mass is 794 g/mol. The zero-order chi connectivity index (χ0) is 37.8. The molecule has 0 unspecified atom stereocenters. The highest BCUT2D eigenvalue weighted by Crippen LogP contribution is 2.35. The first kappa shape index (κ1) is 42.9.